The first-order valence-corrected chi connectivity index (χ1v) is 9.73. The van der Waals surface area contributed by atoms with Crippen molar-refractivity contribution in [2.75, 3.05) is 18.9 Å². The number of hydrogen-bond acceptors (Lipinski definition) is 4. The molecule has 0 saturated carbocycles. The standard InChI is InChI=1S/C20H22IN5O/c1-14-10-17(21)6-9-19(14)24-20(27)11-25(3)15(2)16-4-7-18(8-5-16)26-13-22-12-23-26/h4-10,12-13,15H,11H2,1-3H3,(H,24,27). The molecule has 1 heterocycles. The predicted octanol–water partition coefficient (Wildman–Crippen LogP) is 3.81. The van der Waals surface area contributed by atoms with Crippen molar-refractivity contribution in [2.24, 2.45) is 0 Å². The summed E-state index contributed by atoms with van der Waals surface area (Å²) in [7, 11) is 1.95. The minimum Gasteiger partial charge on any atom is -0.325 e. The maximum atomic E-state index is 12.4. The Kier molecular flexibility index (Phi) is 6.22. The average Bonchev–Trinajstić information content (AvgIpc) is 3.18. The van der Waals surface area contributed by atoms with Gasteiger partial charge >= 0.3 is 0 Å². The van der Waals surface area contributed by atoms with Gasteiger partial charge in [0, 0.05) is 15.3 Å². The molecule has 0 saturated heterocycles. The van der Waals surface area contributed by atoms with E-state index in [-0.39, 0.29) is 11.9 Å². The van der Waals surface area contributed by atoms with Crippen LogP contribution in [0.25, 0.3) is 5.69 Å². The third kappa shape index (κ3) is 4.92. The first-order chi connectivity index (χ1) is 12.9. The molecule has 3 rings (SSSR count). The van der Waals surface area contributed by atoms with Gasteiger partial charge in [-0.1, -0.05) is 12.1 Å². The summed E-state index contributed by atoms with van der Waals surface area (Å²) in [6.07, 6.45) is 3.18. The Labute approximate surface area is 172 Å². The molecule has 0 bridgehead atoms. The average molecular weight is 475 g/mol. The van der Waals surface area contributed by atoms with Crippen LogP contribution in [0.3, 0.4) is 0 Å². The van der Waals surface area contributed by atoms with Crippen molar-refractivity contribution >= 4 is 34.2 Å². The van der Waals surface area contributed by atoms with E-state index in [4.69, 9.17) is 0 Å². The van der Waals surface area contributed by atoms with Gasteiger partial charge in [0.25, 0.3) is 0 Å². The fourth-order valence-corrected chi connectivity index (χ4v) is 3.47. The number of halogens is 1. The zero-order chi connectivity index (χ0) is 19.4. The fraction of sp³-hybridized carbons (Fsp3) is 0.250. The van der Waals surface area contributed by atoms with Crippen LogP contribution >= 0.6 is 22.6 Å². The van der Waals surface area contributed by atoms with E-state index < -0.39 is 0 Å². The SMILES string of the molecule is Cc1cc(I)ccc1NC(=O)CN(C)C(C)c1ccc(-n2cncn2)cc1. The number of likely N-dealkylation sites (N-methyl/N-ethyl adjacent to an activating group) is 1. The van der Waals surface area contributed by atoms with E-state index in [1.165, 1.54) is 6.33 Å². The van der Waals surface area contributed by atoms with Crippen LogP contribution in [-0.4, -0.2) is 39.2 Å². The molecule has 1 amide bonds. The molecule has 140 valence electrons. The van der Waals surface area contributed by atoms with Gasteiger partial charge < -0.3 is 5.32 Å². The molecule has 0 spiro atoms. The highest BCUT2D eigenvalue weighted by molar-refractivity contribution is 14.1. The Hall–Kier alpha value is -2.26. The summed E-state index contributed by atoms with van der Waals surface area (Å²) >= 11 is 2.27. The molecular formula is C20H22IN5O. The first-order valence-electron chi connectivity index (χ1n) is 8.65. The van der Waals surface area contributed by atoms with Crippen LogP contribution in [0.15, 0.2) is 55.1 Å². The van der Waals surface area contributed by atoms with E-state index >= 15 is 0 Å². The topological polar surface area (TPSA) is 63.1 Å². The molecule has 0 fully saturated rings. The minimum absolute atomic E-state index is 0.0205. The summed E-state index contributed by atoms with van der Waals surface area (Å²) in [6, 6.07) is 14.2. The van der Waals surface area contributed by atoms with E-state index in [1.54, 1.807) is 11.0 Å². The summed E-state index contributed by atoms with van der Waals surface area (Å²) in [4.78, 5) is 18.4. The van der Waals surface area contributed by atoms with Crippen LogP contribution in [0, 0.1) is 10.5 Å². The lowest BCUT2D eigenvalue weighted by Gasteiger charge is -2.25. The monoisotopic (exact) mass is 475 g/mol. The number of nitrogens with zero attached hydrogens (tertiary/aromatic N) is 4. The summed E-state index contributed by atoms with van der Waals surface area (Å²) < 4.78 is 2.87. The maximum absolute atomic E-state index is 12.4. The molecule has 3 aromatic rings. The van der Waals surface area contributed by atoms with Gasteiger partial charge in [0.2, 0.25) is 5.91 Å². The molecule has 1 atom stereocenters. The molecule has 0 aliphatic heterocycles. The number of benzene rings is 2. The number of aromatic nitrogens is 3. The molecule has 0 aliphatic rings. The number of hydrogen-bond donors (Lipinski definition) is 1. The van der Waals surface area contributed by atoms with Crippen LogP contribution in [0.4, 0.5) is 5.69 Å². The van der Waals surface area contributed by atoms with Crippen LogP contribution in [-0.2, 0) is 4.79 Å². The van der Waals surface area contributed by atoms with Crippen LogP contribution in [0.2, 0.25) is 0 Å². The van der Waals surface area contributed by atoms with Gasteiger partial charge in [-0.3, -0.25) is 9.69 Å². The molecule has 1 unspecified atom stereocenters. The summed E-state index contributed by atoms with van der Waals surface area (Å²) in [5, 5.41) is 7.13. The van der Waals surface area contributed by atoms with E-state index in [1.807, 2.05) is 43.1 Å². The van der Waals surface area contributed by atoms with Crippen LogP contribution < -0.4 is 5.32 Å². The number of amides is 1. The third-order valence-corrected chi connectivity index (χ3v) is 5.25. The second-order valence-corrected chi connectivity index (χ2v) is 7.78. The lowest BCUT2D eigenvalue weighted by Crippen LogP contribution is -2.32. The largest absolute Gasteiger partial charge is 0.325 e. The highest BCUT2D eigenvalue weighted by Gasteiger charge is 2.15. The van der Waals surface area contributed by atoms with Crippen molar-refractivity contribution in [3.05, 3.63) is 69.8 Å². The highest BCUT2D eigenvalue weighted by Crippen LogP contribution is 2.21. The first kappa shape index (κ1) is 19.5. The quantitative estimate of drug-likeness (QED) is 0.551. The van der Waals surface area contributed by atoms with E-state index in [9.17, 15) is 4.79 Å². The number of anilines is 1. The molecule has 27 heavy (non-hydrogen) atoms. The lowest BCUT2D eigenvalue weighted by molar-refractivity contribution is -0.117. The summed E-state index contributed by atoms with van der Waals surface area (Å²) in [5.41, 5.74) is 4.02. The number of nitrogens with one attached hydrogen (secondary N) is 1. The van der Waals surface area contributed by atoms with E-state index in [0.29, 0.717) is 6.54 Å². The van der Waals surface area contributed by atoms with Gasteiger partial charge in [-0.05, 0) is 84.9 Å². The second kappa shape index (κ2) is 8.62. The minimum atomic E-state index is -0.0205. The molecular weight excluding hydrogens is 453 g/mol. The van der Waals surface area contributed by atoms with Crippen LogP contribution in [0.5, 0.6) is 0 Å². The van der Waals surface area contributed by atoms with Crippen molar-refractivity contribution in [1.82, 2.24) is 19.7 Å². The number of rotatable bonds is 6. The Morgan fingerprint density at radius 1 is 1.26 bits per heavy atom. The second-order valence-electron chi connectivity index (χ2n) is 6.53. The van der Waals surface area contributed by atoms with Crippen molar-refractivity contribution in [1.29, 1.82) is 0 Å². The summed E-state index contributed by atoms with van der Waals surface area (Å²) in [5.74, 6) is -0.0205. The van der Waals surface area contributed by atoms with E-state index in [2.05, 4.69) is 63.1 Å². The maximum Gasteiger partial charge on any atom is 0.238 e. The van der Waals surface area contributed by atoms with Gasteiger partial charge in [-0.15, -0.1) is 0 Å². The van der Waals surface area contributed by atoms with Crippen molar-refractivity contribution in [3.8, 4) is 5.69 Å². The third-order valence-electron chi connectivity index (χ3n) is 4.58. The highest BCUT2D eigenvalue weighted by atomic mass is 127. The van der Waals surface area contributed by atoms with Gasteiger partial charge in [0.1, 0.15) is 12.7 Å². The Morgan fingerprint density at radius 2 is 2.00 bits per heavy atom. The van der Waals surface area contributed by atoms with E-state index in [0.717, 1.165) is 26.1 Å². The molecule has 0 radical (unpaired) electrons. The normalized spacial score (nSPS) is 12.2. The molecule has 1 N–H and O–H groups in total. The Morgan fingerprint density at radius 3 is 2.63 bits per heavy atom. The van der Waals surface area contributed by atoms with Crippen molar-refractivity contribution < 1.29 is 4.79 Å². The molecule has 0 aliphatic carbocycles. The summed E-state index contributed by atoms with van der Waals surface area (Å²) in [6.45, 7) is 4.41. The zero-order valence-electron chi connectivity index (χ0n) is 15.6. The number of carbonyl (C=O) groups is 1. The smallest absolute Gasteiger partial charge is 0.238 e. The lowest BCUT2D eigenvalue weighted by atomic mass is 10.1. The zero-order valence-corrected chi connectivity index (χ0v) is 17.7. The van der Waals surface area contributed by atoms with Crippen molar-refractivity contribution in [2.45, 2.75) is 19.9 Å². The van der Waals surface area contributed by atoms with Gasteiger partial charge in [0.15, 0.2) is 0 Å². The molecule has 7 heteroatoms. The van der Waals surface area contributed by atoms with Gasteiger partial charge in [-0.2, -0.15) is 5.10 Å². The van der Waals surface area contributed by atoms with Gasteiger partial charge in [-0.25, -0.2) is 9.67 Å². The number of aryl methyl sites for hydroxylation is 1. The molecule has 6 nitrogen and oxygen atoms in total. The Bertz CT molecular complexity index is 909. The molecule has 2 aromatic carbocycles. The fourth-order valence-electron chi connectivity index (χ4n) is 2.82. The Balaban J connectivity index is 1.61. The number of carbonyl (C=O) groups excluding carboxylic acids is 1. The molecule has 1 aromatic heterocycles. The van der Waals surface area contributed by atoms with Crippen LogP contribution in [0.1, 0.15) is 24.1 Å². The predicted molar refractivity (Wildman–Crippen MR) is 115 cm³/mol. The van der Waals surface area contributed by atoms with Crippen molar-refractivity contribution in [3.63, 3.8) is 0 Å². The van der Waals surface area contributed by atoms with Gasteiger partial charge in [0.05, 0.1) is 12.2 Å².